The smallest absolute Gasteiger partial charge is 0.272 e. The molecular weight excluding hydrogens is 401 g/mol. The second-order valence-corrected chi connectivity index (χ2v) is 6.26. The zero-order chi connectivity index (χ0) is 21.1. The van der Waals surface area contributed by atoms with Crippen LogP contribution in [0.3, 0.4) is 0 Å². The minimum atomic E-state index is -0.905. The topological polar surface area (TPSA) is 119 Å². The van der Waals surface area contributed by atoms with Gasteiger partial charge in [-0.25, -0.2) is 9.37 Å². The second-order valence-electron chi connectivity index (χ2n) is 5.85. The van der Waals surface area contributed by atoms with Crippen molar-refractivity contribution in [2.75, 3.05) is 12.4 Å². The first-order valence-corrected chi connectivity index (χ1v) is 8.66. The van der Waals surface area contributed by atoms with Crippen LogP contribution in [0.5, 0.6) is 0 Å². The van der Waals surface area contributed by atoms with Crippen molar-refractivity contribution < 1.29 is 18.8 Å². The van der Waals surface area contributed by atoms with Gasteiger partial charge in [-0.05, 0) is 24.3 Å². The van der Waals surface area contributed by atoms with Crippen molar-refractivity contribution in [2.24, 2.45) is 5.73 Å². The summed E-state index contributed by atoms with van der Waals surface area (Å²) in [5.41, 5.74) is 5.27. The Labute approximate surface area is 169 Å². The zero-order valence-corrected chi connectivity index (χ0v) is 15.8. The fraction of sp³-hybridized carbons (Fsp3) is 0.0526. The van der Waals surface area contributed by atoms with Crippen molar-refractivity contribution in [3.63, 3.8) is 0 Å². The van der Waals surface area contributed by atoms with E-state index in [-0.39, 0.29) is 33.3 Å². The van der Waals surface area contributed by atoms with Crippen molar-refractivity contribution in [1.82, 2.24) is 14.9 Å². The number of anilines is 1. The average Bonchev–Trinajstić information content (AvgIpc) is 3.14. The maximum Gasteiger partial charge on any atom is 0.272 e. The molecule has 0 aliphatic rings. The molecule has 0 bridgehead atoms. The first kappa shape index (κ1) is 20.0. The number of imidazole rings is 1. The fourth-order valence-corrected chi connectivity index (χ4v) is 2.88. The van der Waals surface area contributed by atoms with Crippen molar-refractivity contribution in [3.8, 4) is 5.69 Å². The molecule has 0 aliphatic heterocycles. The number of carbonyl (C=O) groups excluding carboxylic acids is 3. The lowest BCUT2D eigenvalue weighted by molar-refractivity contribution is 0.0937. The van der Waals surface area contributed by atoms with E-state index in [0.29, 0.717) is 0 Å². The van der Waals surface area contributed by atoms with Crippen molar-refractivity contribution in [3.05, 3.63) is 76.6 Å². The molecule has 0 fully saturated rings. The predicted octanol–water partition coefficient (Wildman–Crippen LogP) is 2.38. The van der Waals surface area contributed by atoms with E-state index in [1.807, 2.05) is 0 Å². The fourth-order valence-electron chi connectivity index (χ4n) is 2.65. The van der Waals surface area contributed by atoms with E-state index in [1.54, 1.807) is 18.2 Å². The van der Waals surface area contributed by atoms with Gasteiger partial charge in [0.05, 0.1) is 22.0 Å². The summed E-state index contributed by atoms with van der Waals surface area (Å²) in [4.78, 5) is 39.9. The minimum absolute atomic E-state index is 0.0917. The van der Waals surface area contributed by atoms with E-state index in [4.69, 9.17) is 17.3 Å². The van der Waals surface area contributed by atoms with Crippen LogP contribution in [0.15, 0.2) is 48.8 Å². The molecule has 3 rings (SSSR count). The van der Waals surface area contributed by atoms with Gasteiger partial charge in [0.2, 0.25) is 0 Å². The van der Waals surface area contributed by atoms with Crippen LogP contribution in [-0.2, 0) is 0 Å². The summed E-state index contributed by atoms with van der Waals surface area (Å²) in [7, 11) is 1.38. The van der Waals surface area contributed by atoms with Crippen molar-refractivity contribution in [2.45, 2.75) is 0 Å². The van der Waals surface area contributed by atoms with Crippen LogP contribution in [0, 0.1) is 5.82 Å². The normalized spacial score (nSPS) is 10.4. The molecule has 8 nitrogen and oxygen atoms in total. The van der Waals surface area contributed by atoms with Gasteiger partial charge >= 0.3 is 0 Å². The highest BCUT2D eigenvalue weighted by molar-refractivity contribution is 6.34. The van der Waals surface area contributed by atoms with E-state index in [9.17, 15) is 18.8 Å². The van der Waals surface area contributed by atoms with E-state index < -0.39 is 23.5 Å². The number of aromatic nitrogens is 2. The highest BCUT2D eigenvalue weighted by Gasteiger charge is 2.22. The zero-order valence-electron chi connectivity index (χ0n) is 15.1. The standard InChI is InChI=1S/C19H15ClFN5O3/c1-23-19(29)15-16(17(22)27)26(9-24-15)10-6-7-14(13(21)8-10)25-18(28)11-4-2-3-5-12(11)20/h2-9H,1H3,(H2,22,27)(H,23,29)(H,25,28). The Morgan fingerprint density at radius 1 is 1.14 bits per heavy atom. The molecule has 0 saturated carbocycles. The van der Waals surface area contributed by atoms with E-state index >= 15 is 0 Å². The SMILES string of the molecule is CNC(=O)c1ncn(-c2ccc(NC(=O)c3ccccc3Cl)c(F)c2)c1C(N)=O. The monoisotopic (exact) mass is 415 g/mol. The molecule has 0 spiro atoms. The molecule has 0 aliphatic carbocycles. The van der Waals surface area contributed by atoms with Gasteiger partial charge in [-0.15, -0.1) is 0 Å². The third-order valence-corrected chi connectivity index (χ3v) is 4.37. The molecule has 1 aromatic heterocycles. The summed E-state index contributed by atoms with van der Waals surface area (Å²) in [5, 5.41) is 5.02. The summed E-state index contributed by atoms with van der Waals surface area (Å²) in [6.45, 7) is 0. The summed E-state index contributed by atoms with van der Waals surface area (Å²) >= 11 is 5.98. The van der Waals surface area contributed by atoms with Gasteiger partial charge in [0.15, 0.2) is 5.69 Å². The van der Waals surface area contributed by atoms with Crippen LogP contribution in [0.1, 0.15) is 31.3 Å². The van der Waals surface area contributed by atoms with E-state index in [1.165, 1.54) is 36.1 Å². The van der Waals surface area contributed by atoms with Crippen LogP contribution in [0.25, 0.3) is 5.69 Å². The number of halogens is 2. The van der Waals surface area contributed by atoms with Crippen molar-refractivity contribution >= 4 is 35.0 Å². The molecule has 2 aromatic carbocycles. The van der Waals surface area contributed by atoms with Crippen LogP contribution in [0.2, 0.25) is 5.02 Å². The Morgan fingerprint density at radius 2 is 1.86 bits per heavy atom. The summed E-state index contributed by atoms with van der Waals surface area (Å²) < 4.78 is 15.8. The molecule has 0 atom stereocenters. The average molecular weight is 416 g/mol. The maximum absolute atomic E-state index is 14.6. The quantitative estimate of drug-likeness (QED) is 0.592. The minimum Gasteiger partial charge on any atom is -0.364 e. The Balaban J connectivity index is 1.94. The molecule has 29 heavy (non-hydrogen) atoms. The molecule has 10 heteroatoms. The molecule has 3 aromatic rings. The van der Waals surface area contributed by atoms with Crippen molar-refractivity contribution in [1.29, 1.82) is 0 Å². The number of amides is 3. The molecule has 3 amide bonds. The number of nitrogens with two attached hydrogens (primary N) is 1. The van der Waals surface area contributed by atoms with Crippen LogP contribution < -0.4 is 16.4 Å². The number of hydrogen-bond donors (Lipinski definition) is 3. The molecule has 0 saturated heterocycles. The number of primary amides is 1. The number of hydrogen-bond acceptors (Lipinski definition) is 4. The van der Waals surface area contributed by atoms with Gasteiger partial charge in [-0.2, -0.15) is 0 Å². The Bertz CT molecular complexity index is 1130. The Kier molecular flexibility index (Phi) is 5.60. The van der Waals surface area contributed by atoms with Gasteiger partial charge in [0, 0.05) is 13.1 Å². The molecular formula is C19H15ClFN5O3. The number of carbonyl (C=O) groups is 3. The lowest BCUT2D eigenvalue weighted by Gasteiger charge is -2.11. The van der Waals surface area contributed by atoms with E-state index in [2.05, 4.69) is 15.6 Å². The summed E-state index contributed by atoms with van der Waals surface area (Å²) in [5.74, 6) is -2.86. The number of rotatable bonds is 5. The summed E-state index contributed by atoms with van der Waals surface area (Å²) in [6.07, 6.45) is 1.18. The molecule has 1 heterocycles. The first-order chi connectivity index (χ1) is 13.8. The number of nitrogens with one attached hydrogen (secondary N) is 2. The molecule has 148 valence electrons. The Morgan fingerprint density at radius 3 is 2.48 bits per heavy atom. The first-order valence-electron chi connectivity index (χ1n) is 8.28. The lowest BCUT2D eigenvalue weighted by atomic mass is 10.2. The van der Waals surface area contributed by atoms with Crippen LogP contribution >= 0.6 is 11.6 Å². The Hall–Kier alpha value is -3.72. The van der Waals surface area contributed by atoms with Gasteiger partial charge in [0.1, 0.15) is 17.8 Å². The predicted molar refractivity (Wildman–Crippen MR) is 105 cm³/mol. The largest absolute Gasteiger partial charge is 0.364 e. The number of benzene rings is 2. The third kappa shape index (κ3) is 3.94. The van der Waals surface area contributed by atoms with Gasteiger partial charge in [0.25, 0.3) is 17.7 Å². The van der Waals surface area contributed by atoms with Gasteiger partial charge in [-0.3, -0.25) is 19.0 Å². The van der Waals surface area contributed by atoms with E-state index in [0.717, 1.165) is 6.07 Å². The molecule has 4 N–H and O–H groups in total. The van der Waals surface area contributed by atoms with Gasteiger partial charge < -0.3 is 16.4 Å². The lowest BCUT2D eigenvalue weighted by Crippen LogP contribution is -2.25. The van der Waals surface area contributed by atoms with Gasteiger partial charge in [-0.1, -0.05) is 23.7 Å². The second kappa shape index (κ2) is 8.11. The molecule has 0 radical (unpaired) electrons. The highest BCUT2D eigenvalue weighted by atomic mass is 35.5. The van der Waals surface area contributed by atoms with Crippen LogP contribution in [0.4, 0.5) is 10.1 Å². The third-order valence-electron chi connectivity index (χ3n) is 4.04. The number of nitrogens with zero attached hydrogens (tertiary/aromatic N) is 2. The highest BCUT2D eigenvalue weighted by Crippen LogP contribution is 2.23. The molecule has 0 unspecified atom stereocenters. The maximum atomic E-state index is 14.6. The van der Waals surface area contributed by atoms with Crippen LogP contribution in [-0.4, -0.2) is 34.3 Å². The summed E-state index contributed by atoms with van der Waals surface area (Å²) in [6, 6.07) is 10.2.